The Morgan fingerprint density at radius 3 is 2.37 bits per heavy atom. The number of carboxylic acid groups (broad SMARTS) is 1. The van der Waals surface area contributed by atoms with Gasteiger partial charge in [0.15, 0.2) is 0 Å². The third kappa shape index (κ3) is 2.96. The Morgan fingerprint density at radius 1 is 1.16 bits per heavy atom. The number of hydrogen-bond donors (Lipinski definition) is 1. The van der Waals surface area contributed by atoms with Gasteiger partial charge in [-0.05, 0) is 19.3 Å². The maximum absolute atomic E-state index is 12.5. The molecule has 2 aliphatic rings. The van der Waals surface area contributed by atoms with Gasteiger partial charge in [-0.25, -0.2) is 0 Å². The Morgan fingerprint density at radius 2 is 1.79 bits per heavy atom. The predicted octanol–water partition coefficient (Wildman–Crippen LogP) is 1.95. The molecule has 1 aliphatic heterocycles. The number of carboxylic acids is 1. The van der Waals surface area contributed by atoms with E-state index in [4.69, 9.17) is 5.11 Å². The van der Waals surface area contributed by atoms with Crippen LogP contribution >= 0.6 is 0 Å². The molecule has 5 heteroatoms. The van der Waals surface area contributed by atoms with Gasteiger partial charge < -0.3 is 5.11 Å². The Bertz CT molecular complexity index is 383. The summed E-state index contributed by atoms with van der Waals surface area (Å²) in [4.78, 5) is 36.3. The molecule has 0 aromatic rings. The first kappa shape index (κ1) is 14.0. The molecule has 0 radical (unpaired) electrons. The van der Waals surface area contributed by atoms with E-state index in [2.05, 4.69) is 0 Å². The van der Waals surface area contributed by atoms with E-state index in [0.29, 0.717) is 12.8 Å². The number of nitrogens with zero attached hydrogens (tertiary/aromatic N) is 1. The van der Waals surface area contributed by atoms with Crippen LogP contribution in [-0.4, -0.2) is 34.3 Å². The molecule has 1 aliphatic carbocycles. The van der Waals surface area contributed by atoms with Gasteiger partial charge >= 0.3 is 5.97 Å². The van der Waals surface area contributed by atoms with Crippen molar-refractivity contribution < 1.29 is 19.5 Å². The first-order valence-corrected chi connectivity index (χ1v) is 7.12. The van der Waals surface area contributed by atoms with E-state index >= 15 is 0 Å². The molecule has 2 rings (SSSR count). The molecular formula is C14H21NO4. The minimum absolute atomic E-state index is 0.00403. The second-order valence-electron chi connectivity index (χ2n) is 5.72. The molecule has 19 heavy (non-hydrogen) atoms. The lowest BCUT2D eigenvalue weighted by molar-refractivity contribution is -0.143. The first-order valence-electron chi connectivity index (χ1n) is 7.12. The molecule has 0 aromatic heterocycles. The fourth-order valence-electron chi connectivity index (χ4n) is 3.27. The van der Waals surface area contributed by atoms with E-state index in [-0.39, 0.29) is 24.8 Å². The third-order valence-corrected chi connectivity index (χ3v) is 4.32. The molecule has 106 valence electrons. The molecule has 0 aromatic carbocycles. The number of amides is 2. The first-order chi connectivity index (χ1) is 9.05. The number of likely N-dealkylation sites (tertiary alicyclic amines) is 1. The molecule has 1 heterocycles. The highest BCUT2D eigenvalue weighted by molar-refractivity contribution is 6.05. The zero-order valence-electron chi connectivity index (χ0n) is 11.2. The van der Waals surface area contributed by atoms with Gasteiger partial charge in [-0.15, -0.1) is 0 Å². The second kappa shape index (κ2) is 5.72. The van der Waals surface area contributed by atoms with Crippen molar-refractivity contribution in [3.63, 3.8) is 0 Å². The molecule has 0 unspecified atom stereocenters. The average Bonchev–Trinajstić information content (AvgIpc) is 2.55. The number of rotatable bonds is 4. The molecule has 0 atom stereocenters. The summed E-state index contributed by atoms with van der Waals surface area (Å²) in [6.45, 7) is 0.256. The number of imide groups is 1. The molecule has 5 nitrogen and oxygen atoms in total. The van der Waals surface area contributed by atoms with E-state index in [1.807, 2.05) is 0 Å². The average molecular weight is 267 g/mol. The van der Waals surface area contributed by atoms with Crippen LogP contribution in [0.15, 0.2) is 0 Å². The standard InChI is InChI=1S/C14H21NO4/c16-11-10-14(7-3-1-2-4-8-14)13(19)15(11)9-5-6-12(17)18/h1-10H2,(H,17,18). The summed E-state index contributed by atoms with van der Waals surface area (Å²) in [7, 11) is 0. The number of hydrogen-bond acceptors (Lipinski definition) is 3. The van der Waals surface area contributed by atoms with Crippen molar-refractivity contribution >= 4 is 17.8 Å². The Balaban J connectivity index is 2.00. The van der Waals surface area contributed by atoms with Crippen LogP contribution in [0.5, 0.6) is 0 Å². The second-order valence-corrected chi connectivity index (χ2v) is 5.72. The number of carbonyl (C=O) groups excluding carboxylic acids is 2. The summed E-state index contributed by atoms with van der Waals surface area (Å²) >= 11 is 0. The van der Waals surface area contributed by atoms with Crippen molar-refractivity contribution in [3.8, 4) is 0 Å². The van der Waals surface area contributed by atoms with Gasteiger partial charge in [-0.3, -0.25) is 19.3 Å². The minimum Gasteiger partial charge on any atom is -0.481 e. The van der Waals surface area contributed by atoms with E-state index in [9.17, 15) is 14.4 Å². The van der Waals surface area contributed by atoms with E-state index < -0.39 is 11.4 Å². The van der Waals surface area contributed by atoms with Crippen LogP contribution < -0.4 is 0 Å². The Labute approximate surface area is 113 Å². The molecule has 1 saturated heterocycles. The summed E-state index contributed by atoms with van der Waals surface area (Å²) in [5.74, 6) is -1.05. The third-order valence-electron chi connectivity index (χ3n) is 4.32. The maximum Gasteiger partial charge on any atom is 0.303 e. The zero-order valence-corrected chi connectivity index (χ0v) is 11.2. The lowest BCUT2D eigenvalue weighted by Crippen LogP contribution is -2.36. The Hall–Kier alpha value is -1.39. The lowest BCUT2D eigenvalue weighted by Gasteiger charge is -2.24. The van der Waals surface area contributed by atoms with Crippen LogP contribution in [0.1, 0.15) is 57.8 Å². The monoisotopic (exact) mass is 267 g/mol. The van der Waals surface area contributed by atoms with Crippen molar-refractivity contribution in [1.29, 1.82) is 0 Å². The smallest absolute Gasteiger partial charge is 0.303 e. The maximum atomic E-state index is 12.5. The van der Waals surface area contributed by atoms with Crippen molar-refractivity contribution in [2.24, 2.45) is 5.41 Å². The molecule has 2 fully saturated rings. The van der Waals surface area contributed by atoms with Gasteiger partial charge in [0, 0.05) is 19.4 Å². The van der Waals surface area contributed by atoms with Crippen LogP contribution in [0.3, 0.4) is 0 Å². The van der Waals surface area contributed by atoms with Crippen molar-refractivity contribution in [2.75, 3.05) is 6.54 Å². The quantitative estimate of drug-likeness (QED) is 0.790. The lowest BCUT2D eigenvalue weighted by atomic mass is 9.79. The molecule has 0 bridgehead atoms. The molecular weight excluding hydrogens is 246 g/mol. The SMILES string of the molecule is O=C(O)CCCN1C(=O)CC2(CCCCCC2)C1=O. The molecule has 1 saturated carbocycles. The van der Waals surface area contributed by atoms with Crippen LogP contribution in [-0.2, 0) is 14.4 Å². The normalized spacial score (nSPS) is 22.8. The van der Waals surface area contributed by atoms with E-state index in [1.54, 1.807) is 0 Å². The number of aliphatic carboxylic acids is 1. The van der Waals surface area contributed by atoms with Crippen LogP contribution in [0.2, 0.25) is 0 Å². The van der Waals surface area contributed by atoms with Crippen LogP contribution in [0, 0.1) is 5.41 Å². The van der Waals surface area contributed by atoms with Gasteiger partial charge in [0.25, 0.3) is 0 Å². The molecule has 1 spiro atoms. The fraction of sp³-hybridized carbons (Fsp3) is 0.786. The van der Waals surface area contributed by atoms with E-state index in [1.165, 1.54) is 4.90 Å². The largest absolute Gasteiger partial charge is 0.481 e. The highest BCUT2D eigenvalue weighted by Crippen LogP contribution is 2.44. The highest BCUT2D eigenvalue weighted by Gasteiger charge is 2.50. The molecule has 1 N–H and O–H groups in total. The summed E-state index contributed by atoms with van der Waals surface area (Å²) in [5.41, 5.74) is -0.462. The summed E-state index contributed by atoms with van der Waals surface area (Å²) < 4.78 is 0. The van der Waals surface area contributed by atoms with Gasteiger partial charge in [0.1, 0.15) is 0 Å². The van der Waals surface area contributed by atoms with Crippen LogP contribution in [0.25, 0.3) is 0 Å². The van der Waals surface area contributed by atoms with Crippen LogP contribution in [0.4, 0.5) is 0 Å². The fourth-order valence-corrected chi connectivity index (χ4v) is 3.27. The highest BCUT2D eigenvalue weighted by atomic mass is 16.4. The molecule has 2 amide bonds. The summed E-state index contributed by atoms with van der Waals surface area (Å²) in [5, 5.41) is 8.61. The summed E-state index contributed by atoms with van der Waals surface area (Å²) in [6.07, 6.45) is 6.63. The zero-order chi connectivity index (χ0) is 13.9. The van der Waals surface area contributed by atoms with E-state index in [0.717, 1.165) is 38.5 Å². The van der Waals surface area contributed by atoms with Crippen molar-refractivity contribution in [1.82, 2.24) is 4.90 Å². The summed E-state index contributed by atoms with van der Waals surface area (Å²) in [6, 6.07) is 0. The Kier molecular flexibility index (Phi) is 4.22. The van der Waals surface area contributed by atoms with Gasteiger partial charge in [-0.1, -0.05) is 25.7 Å². The number of carbonyl (C=O) groups is 3. The predicted molar refractivity (Wildman–Crippen MR) is 68.3 cm³/mol. The van der Waals surface area contributed by atoms with Gasteiger partial charge in [0.2, 0.25) is 11.8 Å². The topological polar surface area (TPSA) is 74.7 Å². The van der Waals surface area contributed by atoms with Crippen molar-refractivity contribution in [3.05, 3.63) is 0 Å². The van der Waals surface area contributed by atoms with Gasteiger partial charge in [-0.2, -0.15) is 0 Å². The minimum atomic E-state index is -0.886. The van der Waals surface area contributed by atoms with Crippen molar-refractivity contribution in [2.45, 2.75) is 57.8 Å². The van der Waals surface area contributed by atoms with Gasteiger partial charge in [0.05, 0.1) is 5.41 Å².